The fourth-order valence-electron chi connectivity index (χ4n) is 4.39. The van der Waals surface area contributed by atoms with Crippen LogP contribution in [0.2, 0.25) is 0 Å². The molecule has 2 heterocycles. The average Bonchev–Trinajstić information content (AvgIpc) is 3.32. The molecule has 0 radical (unpaired) electrons. The van der Waals surface area contributed by atoms with E-state index in [-0.39, 0.29) is 30.4 Å². The van der Waals surface area contributed by atoms with E-state index >= 15 is 0 Å². The fourth-order valence-corrected chi connectivity index (χ4v) is 4.39. The number of hydrogen-bond donors (Lipinski definition) is 0. The summed E-state index contributed by atoms with van der Waals surface area (Å²) < 4.78 is 5.26. The largest absolute Gasteiger partial charge is 0.446 e. The van der Waals surface area contributed by atoms with Crippen LogP contribution in [0.1, 0.15) is 30.5 Å². The maximum atomic E-state index is 13.4. The Morgan fingerprint density at radius 1 is 1.04 bits per heavy atom. The zero-order valence-corrected chi connectivity index (χ0v) is 16.2. The van der Waals surface area contributed by atoms with Crippen LogP contribution < -0.4 is 0 Å². The van der Waals surface area contributed by atoms with Crippen molar-refractivity contribution < 1.29 is 14.3 Å². The van der Waals surface area contributed by atoms with Crippen molar-refractivity contribution in [2.24, 2.45) is 11.8 Å². The Morgan fingerprint density at radius 2 is 1.71 bits per heavy atom. The lowest BCUT2D eigenvalue weighted by molar-refractivity contribution is -0.134. The number of amides is 2. The predicted molar refractivity (Wildman–Crippen MR) is 106 cm³/mol. The summed E-state index contributed by atoms with van der Waals surface area (Å²) in [6, 6.07) is 19.6. The number of carbonyl (C=O) groups is 2. The third-order valence-corrected chi connectivity index (χ3v) is 5.90. The molecule has 2 aromatic carbocycles. The van der Waals surface area contributed by atoms with Crippen LogP contribution in [0, 0.1) is 11.8 Å². The normalized spacial score (nSPS) is 25.1. The molecule has 0 saturated carbocycles. The van der Waals surface area contributed by atoms with Gasteiger partial charge in [-0.05, 0) is 17.0 Å². The molecule has 2 aliphatic heterocycles. The Labute approximate surface area is 165 Å². The summed E-state index contributed by atoms with van der Waals surface area (Å²) in [7, 11) is 0. The van der Waals surface area contributed by atoms with E-state index in [1.54, 1.807) is 0 Å². The van der Waals surface area contributed by atoms with E-state index < -0.39 is 6.09 Å². The maximum Gasteiger partial charge on any atom is 0.417 e. The van der Waals surface area contributed by atoms with Gasteiger partial charge in [0.05, 0.1) is 5.92 Å². The van der Waals surface area contributed by atoms with Crippen LogP contribution in [-0.2, 0) is 16.1 Å². The Bertz CT molecular complexity index is 824. The third kappa shape index (κ3) is 3.67. The summed E-state index contributed by atoms with van der Waals surface area (Å²) in [5.41, 5.74) is 2.18. The van der Waals surface area contributed by atoms with Gasteiger partial charge >= 0.3 is 6.09 Å². The Morgan fingerprint density at radius 3 is 2.39 bits per heavy atom. The molecule has 4 rings (SSSR count). The lowest BCUT2D eigenvalue weighted by Gasteiger charge is -2.25. The highest BCUT2D eigenvalue weighted by molar-refractivity contribution is 5.95. The number of carbonyl (C=O) groups excluding carboxylic acids is 2. The first-order chi connectivity index (χ1) is 13.7. The topological polar surface area (TPSA) is 49.9 Å². The van der Waals surface area contributed by atoms with Crippen LogP contribution in [0.15, 0.2) is 60.7 Å². The zero-order valence-electron chi connectivity index (χ0n) is 16.2. The molecule has 0 spiro atoms. The van der Waals surface area contributed by atoms with Gasteiger partial charge in [-0.1, -0.05) is 74.0 Å². The lowest BCUT2D eigenvalue weighted by atomic mass is 9.91. The van der Waals surface area contributed by atoms with E-state index in [9.17, 15) is 9.59 Å². The Hall–Kier alpha value is -2.66. The second-order valence-electron chi connectivity index (χ2n) is 7.67. The molecule has 146 valence electrons. The highest BCUT2D eigenvalue weighted by Gasteiger charge is 2.46. The minimum Gasteiger partial charge on any atom is -0.446 e. The number of imide groups is 1. The van der Waals surface area contributed by atoms with Gasteiger partial charge in [0.25, 0.3) is 0 Å². The molecule has 28 heavy (non-hydrogen) atoms. The van der Waals surface area contributed by atoms with Crippen LogP contribution in [0.3, 0.4) is 0 Å². The molecule has 2 aromatic rings. The van der Waals surface area contributed by atoms with Crippen molar-refractivity contribution in [1.29, 1.82) is 0 Å². The van der Waals surface area contributed by atoms with E-state index in [2.05, 4.69) is 24.0 Å². The van der Waals surface area contributed by atoms with Crippen molar-refractivity contribution in [3.8, 4) is 0 Å². The highest BCUT2D eigenvalue weighted by atomic mass is 16.6. The van der Waals surface area contributed by atoms with Crippen molar-refractivity contribution in [1.82, 2.24) is 9.80 Å². The molecule has 1 unspecified atom stereocenters. The highest BCUT2D eigenvalue weighted by Crippen LogP contribution is 2.34. The van der Waals surface area contributed by atoms with Crippen LogP contribution in [0.4, 0.5) is 4.79 Å². The number of benzene rings is 2. The standard InChI is InChI=1S/C23H26N2O3/c1-2-18-14-24(13-17-9-5-3-6-10-17)15-20(18)22(26)25-21(16-28-23(25)27)19-11-7-4-8-12-19/h3-12,18,20-21H,2,13-16H2,1H3/t18-,20-,21?/m0/s1. The molecule has 3 atom stereocenters. The lowest BCUT2D eigenvalue weighted by Crippen LogP contribution is -2.41. The first kappa shape index (κ1) is 18.7. The van der Waals surface area contributed by atoms with Gasteiger partial charge in [0.1, 0.15) is 12.6 Å². The number of ether oxygens (including phenoxy) is 1. The predicted octanol–water partition coefficient (Wildman–Crippen LogP) is 3.86. The molecule has 2 fully saturated rings. The summed E-state index contributed by atoms with van der Waals surface area (Å²) in [6.07, 6.45) is 0.399. The first-order valence-electron chi connectivity index (χ1n) is 9.98. The Balaban J connectivity index is 1.51. The minimum atomic E-state index is -0.518. The van der Waals surface area contributed by atoms with Gasteiger partial charge < -0.3 is 4.74 Å². The Kier molecular flexibility index (Phi) is 5.44. The number of hydrogen-bond acceptors (Lipinski definition) is 4. The van der Waals surface area contributed by atoms with Crippen molar-refractivity contribution >= 4 is 12.0 Å². The summed E-state index contributed by atoms with van der Waals surface area (Å²) in [5.74, 6) is -0.0228. The summed E-state index contributed by atoms with van der Waals surface area (Å²) >= 11 is 0. The number of cyclic esters (lactones) is 1. The van der Waals surface area contributed by atoms with E-state index in [1.807, 2.05) is 48.5 Å². The fraction of sp³-hybridized carbons (Fsp3) is 0.391. The molecule has 0 bridgehead atoms. The summed E-state index contributed by atoms with van der Waals surface area (Å²) in [5, 5.41) is 0. The van der Waals surface area contributed by atoms with E-state index in [1.165, 1.54) is 10.5 Å². The first-order valence-corrected chi connectivity index (χ1v) is 9.98. The van der Waals surface area contributed by atoms with Gasteiger partial charge in [-0.3, -0.25) is 9.69 Å². The molecule has 2 saturated heterocycles. The van der Waals surface area contributed by atoms with Gasteiger partial charge in [0.15, 0.2) is 0 Å². The molecule has 2 aliphatic rings. The number of nitrogens with zero attached hydrogens (tertiary/aromatic N) is 2. The van der Waals surface area contributed by atoms with Gasteiger partial charge in [-0.25, -0.2) is 9.69 Å². The molecule has 0 aliphatic carbocycles. The van der Waals surface area contributed by atoms with Crippen LogP contribution >= 0.6 is 0 Å². The minimum absolute atomic E-state index is 0.0984. The van der Waals surface area contributed by atoms with Crippen LogP contribution in [0.25, 0.3) is 0 Å². The second-order valence-corrected chi connectivity index (χ2v) is 7.67. The third-order valence-electron chi connectivity index (χ3n) is 5.90. The zero-order chi connectivity index (χ0) is 19.5. The van der Waals surface area contributed by atoms with E-state index in [0.29, 0.717) is 6.54 Å². The van der Waals surface area contributed by atoms with Crippen LogP contribution in [0.5, 0.6) is 0 Å². The van der Waals surface area contributed by atoms with Crippen LogP contribution in [-0.4, -0.2) is 41.5 Å². The maximum absolute atomic E-state index is 13.4. The average molecular weight is 378 g/mol. The molecular weight excluding hydrogens is 352 g/mol. The molecule has 5 nitrogen and oxygen atoms in total. The van der Waals surface area contributed by atoms with E-state index in [4.69, 9.17) is 4.74 Å². The summed E-state index contributed by atoms with van der Waals surface area (Å²) in [6.45, 7) is 4.73. The van der Waals surface area contributed by atoms with Gasteiger partial charge in [-0.15, -0.1) is 0 Å². The van der Waals surface area contributed by atoms with Crippen molar-refractivity contribution in [3.63, 3.8) is 0 Å². The second kappa shape index (κ2) is 8.15. The van der Waals surface area contributed by atoms with Crippen molar-refractivity contribution in [3.05, 3.63) is 71.8 Å². The van der Waals surface area contributed by atoms with Gasteiger partial charge in [0, 0.05) is 19.6 Å². The smallest absolute Gasteiger partial charge is 0.417 e. The number of likely N-dealkylation sites (tertiary alicyclic amines) is 1. The van der Waals surface area contributed by atoms with Crippen molar-refractivity contribution in [2.75, 3.05) is 19.7 Å². The molecular formula is C23H26N2O3. The molecule has 0 aromatic heterocycles. The summed E-state index contributed by atoms with van der Waals surface area (Å²) in [4.78, 5) is 29.5. The molecule has 2 amide bonds. The monoisotopic (exact) mass is 378 g/mol. The SMILES string of the molecule is CC[C@H]1CN(Cc2ccccc2)C[C@@H]1C(=O)N1C(=O)OCC1c1ccccc1. The molecule has 0 N–H and O–H groups in total. The van der Waals surface area contributed by atoms with E-state index in [0.717, 1.165) is 25.1 Å². The van der Waals surface area contributed by atoms with Crippen molar-refractivity contribution in [2.45, 2.75) is 25.9 Å². The number of rotatable bonds is 5. The molecule has 5 heteroatoms. The van der Waals surface area contributed by atoms with Gasteiger partial charge in [-0.2, -0.15) is 0 Å². The quantitative estimate of drug-likeness (QED) is 0.793. The van der Waals surface area contributed by atoms with Gasteiger partial charge in [0.2, 0.25) is 5.91 Å².